The fourth-order valence-corrected chi connectivity index (χ4v) is 4.18. The van der Waals surface area contributed by atoms with Gasteiger partial charge in [-0.25, -0.2) is 0 Å². The third-order valence-electron chi connectivity index (χ3n) is 3.98. The van der Waals surface area contributed by atoms with Gasteiger partial charge in [-0.3, -0.25) is 4.98 Å². The molecule has 1 N–H and O–H groups in total. The molecular formula is C17H15NOS. The number of aliphatic hydroxyl groups excluding tert-OH is 1. The van der Waals surface area contributed by atoms with Crippen LogP contribution in [0.3, 0.4) is 0 Å². The van der Waals surface area contributed by atoms with Crippen molar-refractivity contribution in [3.8, 4) is 0 Å². The molecule has 3 heteroatoms. The first-order chi connectivity index (χ1) is 9.81. The molecule has 0 aliphatic heterocycles. The standard InChI is InChI=1S/C17H15NOS/c19-17(16-10-12-3-1-5-15(12)20-16)13-7-6-11-4-2-8-18-14(11)9-13/h2,4,6-10,17,19H,1,3,5H2. The molecule has 4 rings (SSSR count). The average molecular weight is 281 g/mol. The lowest BCUT2D eigenvalue weighted by Crippen LogP contribution is -1.97. The van der Waals surface area contributed by atoms with Crippen LogP contribution in [0.5, 0.6) is 0 Å². The van der Waals surface area contributed by atoms with Gasteiger partial charge in [0.15, 0.2) is 0 Å². The molecule has 0 fully saturated rings. The van der Waals surface area contributed by atoms with Gasteiger partial charge in [-0.05, 0) is 48.6 Å². The predicted octanol–water partition coefficient (Wildman–Crippen LogP) is 3.87. The van der Waals surface area contributed by atoms with Gasteiger partial charge in [0.2, 0.25) is 0 Å². The summed E-state index contributed by atoms with van der Waals surface area (Å²) in [6.45, 7) is 0. The topological polar surface area (TPSA) is 33.1 Å². The number of aliphatic hydroxyl groups is 1. The minimum absolute atomic E-state index is 0.531. The van der Waals surface area contributed by atoms with E-state index in [1.54, 1.807) is 17.5 Å². The predicted molar refractivity (Wildman–Crippen MR) is 82.1 cm³/mol. The number of hydrogen-bond donors (Lipinski definition) is 1. The van der Waals surface area contributed by atoms with Gasteiger partial charge < -0.3 is 5.11 Å². The summed E-state index contributed by atoms with van der Waals surface area (Å²) < 4.78 is 0. The first kappa shape index (κ1) is 12.1. The highest BCUT2D eigenvalue weighted by atomic mass is 32.1. The van der Waals surface area contributed by atoms with Gasteiger partial charge in [0.25, 0.3) is 0 Å². The fourth-order valence-electron chi connectivity index (χ4n) is 2.90. The van der Waals surface area contributed by atoms with E-state index in [2.05, 4.69) is 11.1 Å². The molecule has 100 valence electrons. The molecule has 0 spiro atoms. The van der Waals surface area contributed by atoms with Gasteiger partial charge in [-0.2, -0.15) is 0 Å². The van der Waals surface area contributed by atoms with Crippen LogP contribution in [-0.4, -0.2) is 10.1 Å². The molecule has 0 saturated carbocycles. The molecule has 0 saturated heterocycles. The number of fused-ring (bicyclic) bond motifs is 2. The van der Waals surface area contributed by atoms with Gasteiger partial charge in [0.05, 0.1) is 5.52 Å². The maximum absolute atomic E-state index is 10.6. The molecule has 0 amide bonds. The molecule has 1 atom stereocenters. The summed E-state index contributed by atoms with van der Waals surface area (Å²) in [5.74, 6) is 0. The maximum Gasteiger partial charge on any atom is 0.113 e. The summed E-state index contributed by atoms with van der Waals surface area (Å²) in [5.41, 5.74) is 3.30. The van der Waals surface area contributed by atoms with E-state index < -0.39 is 6.10 Å². The van der Waals surface area contributed by atoms with Crippen molar-refractivity contribution in [3.05, 3.63) is 63.5 Å². The smallest absolute Gasteiger partial charge is 0.113 e. The van der Waals surface area contributed by atoms with Gasteiger partial charge in [-0.1, -0.05) is 18.2 Å². The Morgan fingerprint density at radius 1 is 1.15 bits per heavy atom. The minimum Gasteiger partial charge on any atom is -0.383 e. The van der Waals surface area contributed by atoms with Gasteiger partial charge in [-0.15, -0.1) is 11.3 Å². The zero-order chi connectivity index (χ0) is 13.5. The van der Waals surface area contributed by atoms with Crippen LogP contribution in [-0.2, 0) is 12.8 Å². The van der Waals surface area contributed by atoms with E-state index in [-0.39, 0.29) is 0 Å². The highest BCUT2D eigenvalue weighted by molar-refractivity contribution is 7.12. The van der Waals surface area contributed by atoms with Crippen molar-refractivity contribution in [2.45, 2.75) is 25.4 Å². The minimum atomic E-state index is -0.531. The Morgan fingerprint density at radius 2 is 2.10 bits per heavy atom. The van der Waals surface area contributed by atoms with Crippen LogP contribution in [0.15, 0.2) is 42.6 Å². The Balaban J connectivity index is 1.73. The molecule has 1 aliphatic carbocycles. The highest BCUT2D eigenvalue weighted by Gasteiger charge is 2.20. The van der Waals surface area contributed by atoms with Crippen molar-refractivity contribution in [2.75, 3.05) is 0 Å². The van der Waals surface area contributed by atoms with E-state index in [4.69, 9.17) is 0 Å². The second-order valence-electron chi connectivity index (χ2n) is 5.31. The lowest BCUT2D eigenvalue weighted by atomic mass is 10.0. The maximum atomic E-state index is 10.6. The van der Waals surface area contributed by atoms with E-state index in [0.29, 0.717) is 0 Å². The van der Waals surface area contributed by atoms with Gasteiger partial charge in [0.1, 0.15) is 6.10 Å². The van der Waals surface area contributed by atoms with Crippen molar-refractivity contribution in [1.82, 2.24) is 4.98 Å². The normalized spacial score (nSPS) is 15.4. The van der Waals surface area contributed by atoms with Crippen molar-refractivity contribution in [3.63, 3.8) is 0 Å². The molecule has 0 radical (unpaired) electrons. The summed E-state index contributed by atoms with van der Waals surface area (Å²) in [5, 5.41) is 11.7. The molecule has 2 nitrogen and oxygen atoms in total. The van der Waals surface area contributed by atoms with Crippen molar-refractivity contribution in [2.24, 2.45) is 0 Å². The third kappa shape index (κ3) is 1.94. The number of benzene rings is 1. The van der Waals surface area contributed by atoms with Crippen molar-refractivity contribution in [1.29, 1.82) is 0 Å². The lowest BCUT2D eigenvalue weighted by Gasteiger charge is -2.10. The molecule has 20 heavy (non-hydrogen) atoms. The van der Waals surface area contributed by atoms with Crippen LogP contribution in [0.2, 0.25) is 0 Å². The number of rotatable bonds is 2. The van der Waals surface area contributed by atoms with Crippen LogP contribution in [0.25, 0.3) is 10.9 Å². The van der Waals surface area contributed by atoms with Crippen LogP contribution in [0.1, 0.15) is 33.4 Å². The average Bonchev–Trinajstić information content (AvgIpc) is 3.07. The number of nitrogens with zero attached hydrogens (tertiary/aromatic N) is 1. The van der Waals surface area contributed by atoms with Crippen LogP contribution in [0.4, 0.5) is 0 Å². The molecular weight excluding hydrogens is 266 g/mol. The third-order valence-corrected chi connectivity index (χ3v) is 5.27. The molecule has 3 aromatic rings. The largest absolute Gasteiger partial charge is 0.383 e. The second-order valence-corrected chi connectivity index (χ2v) is 6.48. The molecule has 1 aliphatic rings. The van der Waals surface area contributed by atoms with Crippen LogP contribution < -0.4 is 0 Å². The Morgan fingerprint density at radius 3 is 3.00 bits per heavy atom. The summed E-state index contributed by atoms with van der Waals surface area (Å²) >= 11 is 1.76. The summed E-state index contributed by atoms with van der Waals surface area (Å²) in [4.78, 5) is 6.88. The summed E-state index contributed by atoms with van der Waals surface area (Å²) in [7, 11) is 0. The highest BCUT2D eigenvalue weighted by Crippen LogP contribution is 2.36. The van der Waals surface area contributed by atoms with E-state index in [1.165, 1.54) is 23.3 Å². The Kier molecular flexibility index (Phi) is 2.83. The summed E-state index contributed by atoms with van der Waals surface area (Å²) in [6, 6.07) is 12.2. The number of aryl methyl sites for hydroxylation is 2. The molecule has 2 heterocycles. The van der Waals surface area contributed by atoms with Crippen LogP contribution in [0, 0.1) is 0 Å². The Bertz CT molecular complexity index is 756. The van der Waals surface area contributed by atoms with Crippen LogP contribution >= 0.6 is 11.3 Å². The first-order valence-corrected chi connectivity index (χ1v) is 7.77. The van der Waals surface area contributed by atoms with E-state index in [0.717, 1.165) is 27.8 Å². The Hall–Kier alpha value is -1.71. The monoisotopic (exact) mass is 281 g/mol. The lowest BCUT2D eigenvalue weighted by molar-refractivity contribution is 0.224. The fraction of sp³-hybridized carbons (Fsp3) is 0.235. The number of hydrogen-bond acceptors (Lipinski definition) is 3. The van der Waals surface area contributed by atoms with Crippen molar-refractivity contribution >= 4 is 22.2 Å². The number of pyridine rings is 1. The molecule has 1 unspecified atom stereocenters. The van der Waals surface area contributed by atoms with E-state index >= 15 is 0 Å². The van der Waals surface area contributed by atoms with Gasteiger partial charge >= 0.3 is 0 Å². The molecule has 2 aromatic heterocycles. The second kappa shape index (κ2) is 4.69. The Labute approximate surface area is 121 Å². The van der Waals surface area contributed by atoms with Gasteiger partial charge in [0, 0.05) is 21.3 Å². The number of thiophene rings is 1. The number of aromatic nitrogens is 1. The van der Waals surface area contributed by atoms with E-state index in [1.807, 2.05) is 30.3 Å². The van der Waals surface area contributed by atoms with E-state index in [9.17, 15) is 5.11 Å². The zero-order valence-corrected chi connectivity index (χ0v) is 11.9. The first-order valence-electron chi connectivity index (χ1n) is 6.95. The SMILES string of the molecule is OC(c1ccc2cccnc2c1)c1cc2c(s1)CCC2. The molecule has 0 bridgehead atoms. The zero-order valence-electron chi connectivity index (χ0n) is 11.0. The van der Waals surface area contributed by atoms with Crippen molar-refractivity contribution < 1.29 is 5.11 Å². The summed E-state index contributed by atoms with van der Waals surface area (Å²) in [6.07, 6.45) is 4.86. The quantitative estimate of drug-likeness (QED) is 0.773. The molecule has 1 aromatic carbocycles.